The van der Waals surface area contributed by atoms with Gasteiger partial charge in [-0.15, -0.1) is 0 Å². The molecule has 0 aromatic heterocycles. The van der Waals surface area contributed by atoms with Gasteiger partial charge in [-0.1, -0.05) is 19.1 Å². The number of hydrogen-bond donors (Lipinski definition) is 3. The third kappa shape index (κ3) is 2.90. The van der Waals surface area contributed by atoms with E-state index in [1.807, 2.05) is 13.0 Å². The van der Waals surface area contributed by atoms with E-state index < -0.39 is 0 Å². The van der Waals surface area contributed by atoms with E-state index >= 15 is 0 Å². The first-order valence-electron chi connectivity index (χ1n) is 3.85. The van der Waals surface area contributed by atoms with Gasteiger partial charge in [-0.25, -0.2) is 5.90 Å². The Morgan fingerprint density at radius 3 is 2.33 bits per heavy atom. The van der Waals surface area contributed by atoms with Crippen LogP contribution in [0.2, 0.25) is 0 Å². The molecule has 0 radical (unpaired) electrons. The number of anilines is 1. The Bertz CT molecular complexity index is 236. The highest BCUT2D eigenvalue weighted by molar-refractivity contribution is 5.48. The summed E-state index contributed by atoms with van der Waals surface area (Å²) in [5.41, 5.74) is 9.07. The minimum atomic E-state index is 0.902. The molecule has 3 heteroatoms. The van der Waals surface area contributed by atoms with Gasteiger partial charge in [-0.05, 0) is 30.5 Å². The molecule has 12 heavy (non-hydrogen) atoms. The molecule has 0 heterocycles. The third-order valence-electron chi connectivity index (χ3n) is 1.75. The monoisotopic (exact) mass is 168 g/mol. The van der Waals surface area contributed by atoms with E-state index in [0.29, 0.717) is 0 Å². The molecular weight excluding hydrogens is 152 g/mol. The molecule has 0 saturated carbocycles. The maximum atomic E-state index is 6.50. The van der Waals surface area contributed by atoms with Crippen LogP contribution in [0.25, 0.3) is 0 Å². The third-order valence-corrected chi connectivity index (χ3v) is 1.75. The Kier molecular flexibility index (Phi) is 5.08. The molecular formula is C9H16N2O. The van der Waals surface area contributed by atoms with Crippen molar-refractivity contribution in [2.75, 3.05) is 5.73 Å². The van der Waals surface area contributed by atoms with Crippen molar-refractivity contribution in [3.8, 4) is 0 Å². The lowest BCUT2D eigenvalue weighted by molar-refractivity contribution is 0.311. The lowest BCUT2D eigenvalue weighted by atomic mass is 10.1. The molecule has 0 aliphatic rings. The van der Waals surface area contributed by atoms with Crippen LogP contribution in [-0.2, 0) is 6.42 Å². The van der Waals surface area contributed by atoms with E-state index in [2.05, 4.69) is 25.0 Å². The van der Waals surface area contributed by atoms with Crippen LogP contribution in [0.4, 0.5) is 5.69 Å². The topological polar surface area (TPSA) is 72.3 Å². The van der Waals surface area contributed by atoms with Crippen LogP contribution in [-0.4, -0.2) is 5.21 Å². The van der Waals surface area contributed by atoms with Crippen LogP contribution in [0.1, 0.15) is 18.1 Å². The first-order valence-corrected chi connectivity index (χ1v) is 3.85. The minimum absolute atomic E-state index is 0.902. The van der Waals surface area contributed by atoms with Gasteiger partial charge in [-0.3, -0.25) is 0 Å². The zero-order valence-electron chi connectivity index (χ0n) is 7.54. The maximum Gasteiger partial charge on any atom is 0.0346 e. The van der Waals surface area contributed by atoms with Gasteiger partial charge in [0.2, 0.25) is 0 Å². The molecule has 1 rings (SSSR count). The predicted octanol–water partition coefficient (Wildman–Crippen LogP) is 1.47. The molecule has 0 aliphatic heterocycles. The molecule has 1 aromatic carbocycles. The second kappa shape index (κ2) is 5.57. The van der Waals surface area contributed by atoms with Crippen LogP contribution >= 0.6 is 0 Å². The van der Waals surface area contributed by atoms with Gasteiger partial charge in [-0.2, -0.15) is 0 Å². The highest BCUT2D eigenvalue weighted by Gasteiger charge is 1.92. The summed E-state index contributed by atoms with van der Waals surface area (Å²) in [6, 6.07) is 6.22. The lowest BCUT2D eigenvalue weighted by Crippen LogP contribution is -1.90. The van der Waals surface area contributed by atoms with Crippen molar-refractivity contribution in [3.05, 3.63) is 29.3 Å². The highest BCUT2D eigenvalue weighted by Crippen LogP contribution is 2.12. The largest absolute Gasteiger partial charge is 0.399 e. The summed E-state index contributed by atoms with van der Waals surface area (Å²) in [4.78, 5) is 0. The summed E-state index contributed by atoms with van der Waals surface area (Å²) in [6.07, 6.45) is 1.06. The molecule has 0 spiro atoms. The van der Waals surface area contributed by atoms with Crippen molar-refractivity contribution >= 4 is 5.69 Å². The summed E-state index contributed by atoms with van der Waals surface area (Å²) in [5.74, 6) is 3.50. The number of benzene rings is 1. The van der Waals surface area contributed by atoms with Crippen molar-refractivity contribution < 1.29 is 5.21 Å². The summed E-state index contributed by atoms with van der Waals surface area (Å²) >= 11 is 0. The van der Waals surface area contributed by atoms with E-state index in [4.69, 9.17) is 10.9 Å². The molecule has 0 saturated heterocycles. The molecule has 0 aliphatic carbocycles. The van der Waals surface area contributed by atoms with Crippen molar-refractivity contribution in [1.82, 2.24) is 0 Å². The first-order chi connectivity index (χ1) is 5.74. The van der Waals surface area contributed by atoms with Crippen molar-refractivity contribution in [2.45, 2.75) is 20.3 Å². The van der Waals surface area contributed by atoms with E-state index in [9.17, 15) is 0 Å². The van der Waals surface area contributed by atoms with Gasteiger partial charge >= 0.3 is 0 Å². The molecule has 3 nitrogen and oxygen atoms in total. The average molecular weight is 168 g/mol. The Morgan fingerprint density at radius 2 is 1.92 bits per heavy atom. The van der Waals surface area contributed by atoms with E-state index in [-0.39, 0.29) is 0 Å². The van der Waals surface area contributed by atoms with Crippen LogP contribution < -0.4 is 11.6 Å². The fraction of sp³-hybridized carbons (Fsp3) is 0.333. The Balaban J connectivity index is 0.000000561. The van der Waals surface area contributed by atoms with Crippen molar-refractivity contribution in [3.63, 3.8) is 0 Å². The fourth-order valence-electron chi connectivity index (χ4n) is 0.910. The van der Waals surface area contributed by atoms with E-state index in [0.717, 1.165) is 17.7 Å². The standard InChI is InChI=1S/C9H13N.H3NO/c1-3-8-5-4-7(2)9(10)6-8;1-2/h4-6H,3,10H2,1-2H3;2H,1H2. The Hall–Kier alpha value is -1.06. The van der Waals surface area contributed by atoms with E-state index in [1.165, 1.54) is 5.56 Å². The highest BCUT2D eigenvalue weighted by atomic mass is 16.4. The number of hydrogen-bond acceptors (Lipinski definition) is 3. The van der Waals surface area contributed by atoms with Crippen molar-refractivity contribution in [2.24, 2.45) is 5.90 Å². The number of rotatable bonds is 1. The molecule has 5 N–H and O–H groups in total. The summed E-state index contributed by atoms with van der Waals surface area (Å²) < 4.78 is 0. The van der Waals surface area contributed by atoms with Crippen LogP contribution in [0.3, 0.4) is 0 Å². The number of nitrogen functional groups attached to an aromatic ring is 1. The van der Waals surface area contributed by atoms with Gasteiger partial charge in [0.1, 0.15) is 0 Å². The van der Waals surface area contributed by atoms with Gasteiger partial charge in [0.05, 0.1) is 0 Å². The number of aryl methyl sites for hydroxylation is 2. The summed E-state index contributed by atoms with van der Waals surface area (Å²) in [5, 5.41) is 6.50. The maximum absolute atomic E-state index is 6.50. The Labute approximate surface area is 73.0 Å². The van der Waals surface area contributed by atoms with Gasteiger partial charge in [0.15, 0.2) is 0 Å². The predicted molar refractivity (Wildman–Crippen MR) is 50.9 cm³/mol. The molecule has 0 atom stereocenters. The lowest BCUT2D eigenvalue weighted by Gasteiger charge is -2.01. The van der Waals surface area contributed by atoms with Gasteiger partial charge in [0, 0.05) is 5.69 Å². The van der Waals surface area contributed by atoms with Crippen LogP contribution in [0, 0.1) is 6.92 Å². The summed E-state index contributed by atoms with van der Waals surface area (Å²) in [7, 11) is 0. The fourth-order valence-corrected chi connectivity index (χ4v) is 0.910. The van der Waals surface area contributed by atoms with Gasteiger partial charge < -0.3 is 10.9 Å². The van der Waals surface area contributed by atoms with Crippen LogP contribution in [0.15, 0.2) is 18.2 Å². The minimum Gasteiger partial charge on any atom is -0.399 e. The van der Waals surface area contributed by atoms with Crippen LogP contribution in [0.5, 0.6) is 0 Å². The normalized spacial score (nSPS) is 8.67. The zero-order valence-corrected chi connectivity index (χ0v) is 7.54. The molecule has 0 amide bonds. The Morgan fingerprint density at radius 1 is 1.33 bits per heavy atom. The SMILES string of the molecule is CCc1ccc(C)c(N)c1.NO. The first kappa shape index (κ1) is 10.9. The molecule has 1 aromatic rings. The number of nitrogens with two attached hydrogens (primary N) is 2. The summed E-state index contributed by atoms with van der Waals surface area (Å²) in [6.45, 7) is 4.15. The second-order valence-corrected chi connectivity index (χ2v) is 2.54. The molecule has 0 unspecified atom stereocenters. The molecule has 0 fully saturated rings. The smallest absolute Gasteiger partial charge is 0.0346 e. The quantitative estimate of drug-likeness (QED) is 0.439. The molecule has 68 valence electrons. The average Bonchev–Trinajstić information content (AvgIpc) is 2.13. The van der Waals surface area contributed by atoms with E-state index in [1.54, 1.807) is 0 Å². The second-order valence-electron chi connectivity index (χ2n) is 2.54. The van der Waals surface area contributed by atoms with Gasteiger partial charge in [0.25, 0.3) is 0 Å². The zero-order chi connectivity index (χ0) is 9.56. The van der Waals surface area contributed by atoms with Crippen molar-refractivity contribution in [1.29, 1.82) is 0 Å². The molecule has 0 bridgehead atoms.